The molecule has 3 heteroatoms. The molecule has 1 aromatic rings. The van der Waals surface area contributed by atoms with Gasteiger partial charge in [-0.05, 0) is 44.5 Å². The Kier molecular flexibility index (Phi) is 3.79. The van der Waals surface area contributed by atoms with Crippen molar-refractivity contribution in [3.8, 4) is 0 Å². The molecule has 0 radical (unpaired) electrons. The number of likely N-dealkylation sites (tertiary alicyclic amines) is 1. The second-order valence-corrected chi connectivity index (χ2v) is 4.95. The van der Waals surface area contributed by atoms with Gasteiger partial charge in [0.05, 0.1) is 0 Å². The maximum Gasteiger partial charge on any atom is 0.126 e. The molecule has 1 saturated heterocycles. The Hall–Kier alpha value is -0.930. The summed E-state index contributed by atoms with van der Waals surface area (Å²) in [4.78, 5) is 2.41. The van der Waals surface area contributed by atoms with Crippen molar-refractivity contribution >= 4 is 0 Å². The fourth-order valence-corrected chi connectivity index (χ4v) is 2.45. The third-order valence-corrected chi connectivity index (χ3v) is 3.85. The SMILES string of the molecule is CNC1CCN(C(C)c2ccc(C)c(F)c2)C1. The van der Waals surface area contributed by atoms with Crippen LogP contribution in [0.2, 0.25) is 0 Å². The molecule has 1 aliphatic rings. The van der Waals surface area contributed by atoms with E-state index in [9.17, 15) is 4.39 Å². The first-order valence-electron chi connectivity index (χ1n) is 6.29. The molecule has 2 nitrogen and oxygen atoms in total. The minimum absolute atomic E-state index is 0.0984. The highest BCUT2D eigenvalue weighted by molar-refractivity contribution is 5.25. The Balaban J connectivity index is 2.09. The Bertz CT molecular complexity index is 392. The maximum atomic E-state index is 13.5. The minimum Gasteiger partial charge on any atom is -0.316 e. The summed E-state index contributed by atoms with van der Waals surface area (Å²) in [6, 6.07) is 6.45. The molecule has 94 valence electrons. The number of hydrogen-bond acceptors (Lipinski definition) is 2. The molecular weight excluding hydrogens is 215 g/mol. The summed E-state index contributed by atoms with van der Waals surface area (Å²) < 4.78 is 13.5. The van der Waals surface area contributed by atoms with Crippen molar-refractivity contribution in [2.75, 3.05) is 20.1 Å². The Morgan fingerprint density at radius 3 is 2.82 bits per heavy atom. The highest BCUT2D eigenvalue weighted by atomic mass is 19.1. The zero-order chi connectivity index (χ0) is 12.4. The molecule has 0 aromatic heterocycles. The van der Waals surface area contributed by atoms with Crippen LogP contribution in [0.15, 0.2) is 18.2 Å². The van der Waals surface area contributed by atoms with Crippen LogP contribution < -0.4 is 5.32 Å². The summed E-state index contributed by atoms with van der Waals surface area (Å²) in [5.41, 5.74) is 1.79. The Morgan fingerprint density at radius 2 is 2.24 bits per heavy atom. The van der Waals surface area contributed by atoms with Crippen molar-refractivity contribution in [3.05, 3.63) is 35.1 Å². The predicted molar refractivity (Wildman–Crippen MR) is 68.6 cm³/mol. The second-order valence-electron chi connectivity index (χ2n) is 4.95. The summed E-state index contributed by atoms with van der Waals surface area (Å²) in [7, 11) is 2.00. The molecule has 2 unspecified atom stereocenters. The number of hydrogen-bond donors (Lipinski definition) is 1. The van der Waals surface area contributed by atoms with Crippen LogP contribution in [0.5, 0.6) is 0 Å². The Morgan fingerprint density at radius 1 is 1.47 bits per heavy atom. The molecule has 1 heterocycles. The van der Waals surface area contributed by atoms with E-state index in [-0.39, 0.29) is 5.82 Å². The van der Waals surface area contributed by atoms with Gasteiger partial charge in [0.25, 0.3) is 0 Å². The van der Waals surface area contributed by atoms with Gasteiger partial charge in [-0.25, -0.2) is 4.39 Å². The number of likely N-dealkylation sites (N-methyl/N-ethyl adjacent to an activating group) is 1. The molecule has 1 aromatic carbocycles. The van der Waals surface area contributed by atoms with Crippen molar-refractivity contribution in [3.63, 3.8) is 0 Å². The average Bonchev–Trinajstić information content (AvgIpc) is 2.80. The summed E-state index contributed by atoms with van der Waals surface area (Å²) in [5, 5.41) is 3.30. The van der Waals surface area contributed by atoms with Gasteiger partial charge in [0.15, 0.2) is 0 Å². The minimum atomic E-state index is -0.0984. The number of nitrogens with one attached hydrogen (secondary N) is 1. The van der Waals surface area contributed by atoms with Gasteiger partial charge in [-0.2, -0.15) is 0 Å². The average molecular weight is 236 g/mol. The van der Waals surface area contributed by atoms with Gasteiger partial charge in [0.1, 0.15) is 5.82 Å². The van der Waals surface area contributed by atoms with Gasteiger partial charge in [0, 0.05) is 25.2 Å². The first kappa shape index (κ1) is 12.5. The normalized spacial score (nSPS) is 22.9. The smallest absolute Gasteiger partial charge is 0.126 e. The fraction of sp³-hybridized carbons (Fsp3) is 0.571. The highest BCUT2D eigenvalue weighted by Crippen LogP contribution is 2.25. The number of halogens is 1. The standard InChI is InChI=1S/C14H21FN2/c1-10-4-5-12(8-14(10)15)11(2)17-7-6-13(9-17)16-3/h4-5,8,11,13,16H,6-7,9H2,1-3H3. The fourth-order valence-electron chi connectivity index (χ4n) is 2.45. The number of rotatable bonds is 3. The summed E-state index contributed by atoms with van der Waals surface area (Å²) in [6.07, 6.45) is 1.18. The maximum absolute atomic E-state index is 13.5. The van der Waals surface area contributed by atoms with Crippen LogP contribution in [-0.4, -0.2) is 31.1 Å². The van der Waals surface area contributed by atoms with Gasteiger partial charge in [-0.15, -0.1) is 0 Å². The lowest BCUT2D eigenvalue weighted by atomic mass is 10.1. The van der Waals surface area contributed by atoms with E-state index in [0.717, 1.165) is 24.2 Å². The van der Waals surface area contributed by atoms with E-state index in [1.54, 1.807) is 13.0 Å². The molecule has 0 amide bonds. The van der Waals surface area contributed by atoms with E-state index in [0.29, 0.717) is 12.1 Å². The molecule has 2 atom stereocenters. The molecule has 0 saturated carbocycles. The first-order valence-corrected chi connectivity index (χ1v) is 6.29. The largest absolute Gasteiger partial charge is 0.316 e. The van der Waals surface area contributed by atoms with Crippen LogP contribution >= 0.6 is 0 Å². The summed E-state index contributed by atoms with van der Waals surface area (Å²) in [6.45, 7) is 6.09. The molecule has 0 aliphatic carbocycles. The predicted octanol–water partition coefficient (Wildman–Crippen LogP) is 2.49. The van der Waals surface area contributed by atoms with E-state index < -0.39 is 0 Å². The molecule has 2 rings (SSSR count). The first-order chi connectivity index (χ1) is 8.11. The number of benzene rings is 1. The van der Waals surface area contributed by atoms with Crippen LogP contribution in [0.25, 0.3) is 0 Å². The number of aryl methyl sites for hydroxylation is 1. The molecule has 1 aliphatic heterocycles. The monoisotopic (exact) mass is 236 g/mol. The zero-order valence-corrected chi connectivity index (χ0v) is 10.8. The van der Waals surface area contributed by atoms with E-state index in [4.69, 9.17) is 0 Å². The molecule has 1 fully saturated rings. The van der Waals surface area contributed by atoms with Crippen LogP contribution in [0.3, 0.4) is 0 Å². The van der Waals surface area contributed by atoms with Crippen molar-refractivity contribution in [1.82, 2.24) is 10.2 Å². The quantitative estimate of drug-likeness (QED) is 0.867. The van der Waals surface area contributed by atoms with Crippen LogP contribution in [0.4, 0.5) is 4.39 Å². The van der Waals surface area contributed by atoms with E-state index in [1.165, 1.54) is 6.42 Å². The molecular formula is C14H21FN2. The second kappa shape index (κ2) is 5.15. The van der Waals surface area contributed by atoms with Crippen molar-refractivity contribution < 1.29 is 4.39 Å². The molecule has 1 N–H and O–H groups in total. The van der Waals surface area contributed by atoms with Crippen molar-refractivity contribution in [1.29, 1.82) is 0 Å². The highest BCUT2D eigenvalue weighted by Gasteiger charge is 2.25. The lowest BCUT2D eigenvalue weighted by Crippen LogP contribution is -2.31. The van der Waals surface area contributed by atoms with E-state index in [2.05, 4.69) is 17.1 Å². The van der Waals surface area contributed by atoms with E-state index in [1.807, 2.05) is 19.2 Å². The van der Waals surface area contributed by atoms with Gasteiger partial charge in [-0.3, -0.25) is 4.90 Å². The van der Waals surface area contributed by atoms with Crippen molar-refractivity contribution in [2.24, 2.45) is 0 Å². The van der Waals surface area contributed by atoms with E-state index >= 15 is 0 Å². The van der Waals surface area contributed by atoms with Gasteiger partial charge < -0.3 is 5.32 Å². The van der Waals surface area contributed by atoms with Gasteiger partial charge in [-0.1, -0.05) is 12.1 Å². The third-order valence-electron chi connectivity index (χ3n) is 3.85. The van der Waals surface area contributed by atoms with Gasteiger partial charge in [0.2, 0.25) is 0 Å². The van der Waals surface area contributed by atoms with Gasteiger partial charge >= 0.3 is 0 Å². The van der Waals surface area contributed by atoms with Crippen LogP contribution in [0, 0.1) is 12.7 Å². The number of nitrogens with zero attached hydrogens (tertiary/aromatic N) is 1. The lowest BCUT2D eigenvalue weighted by molar-refractivity contribution is 0.256. The lowest BCUT2D eigenvalue weighted by Gasteiger charge is -2.25. The zero-order valence-electron chi connectivity index (χ0n) is 10.8. The summed E-state index contributed by atoms with van der Waals surface area (Å²) in [5.74, 6) is -0.0984. The Labute approximate surface area is 103 Å². The summed E-state index contributed by atoms with van der Waals surface area (Å²) >= 11 is 0. The molecule has 0 bridgehead atoms. The van der Waals surface area contributed by atoms with Crippen molar-refractivity contribution in [2.45, 2.75) is 32.4 Å². The van der Waals surface area contributed by atoms with Crippen LogP contribution in [-0.2, 0) is 0 Å². The third kappa shape index (κ3) is 2.67. The molecule has 17 heavy (non-hydrogen) atoms. The topological polar surface area (TPSA) is 15.3 Å². The molecule has 0 spiro atoms. The van der Waals surface area contributed by atoms with Crippen LogP contribution in [0.1, 0.15) is 30.5 Å².